The zero-order valence-electron chi connectivity index (χ0n) is 16.0. The summed E-state index contributed by atoms with van der Waals surface area (Å²) in [5, 5.41) is 0. The van der Waals surface area contributed by atoms with Crippen molar-refractivity contribution in [3.8, 4) is 23.0 Å². The number of ether oxygens (including phenoxy) is 4. The van der Waals surface area contributed by atoms with Gasteiger partial charge in [-0.3, -0.25) is 4.79 Å². The molecule has 1 aliphatic rings. The molecule has 0 radical (unpaired) electrons. The average molecular weight is 371 g/mol. The van der Waals surface area contributed by atoms with E-state index in [2.05, 4.69) is 0 Å². The standard InChI is InChI=1S/C21H25NO5/c1-4-22(14-16-6-8-18-20(12-16)27-10-9-26-18)21(23)13-15-5-7-17(24-2)19(11-15)25-3/h5-8,11-12H,4,9-10,13-14H2,1-3H3. The summed E-state index contributed by atoms with van der Waals surface area (Å²) < 4.78 is 21.7. The Kier molecular flexibility index (Phi) is 6.06. The lowest BCUT2D eigenvalue weighted by molar-refractivity contribution is -0.130. The molecule has 0 saturated heterocycles. The second-order valence-corrected chi connectivity index (χ2v) is 6.25. The van der Waals surface area contributed by atoms with E-state index in [1.165, 1.54) is 0 Å². The van der Waals surface area contributed by atoms with E-state index in [9.17, 15) is 4.79 Å². The maximum atomic E-state index is 12.8. The first kappa shape index (κ1) is 18.9. The van der Waals surface area contributed by atoms with Gasteiger partial charge in [0.25, 0.3) is 0 Å². The number of nitrogens with zero attached hydrogens (tertiary/aromatic N) is 1. The van der Waals surface area contributed by atoms with Crippen LogP contribution < -0.4 is 18.9 Å². The Balaban J connectivity index is 1.69. The zero-order chi connectivity index (χ0) is 19.2. The topological polar surface area (TPSA) is 57.2 Å². The van der Waals surface area contributed by atoms with Crippen molar-refractivity contribution in [2.75, 3.05) is 34.0 Å². The van der Waals surface area contributed by atoms with Gasteiger partial charge in [0.05, 0.1) is 20.6 Å². The first-order chi connectivity index (χ1) is 13.1. The molecule has 0 aromatic heterocycles. The summed E-state index contributed by atoms with van der Waals surface area (Å²) in [4.78, 5) is 14.6. The van der Waals surface area contributed by atoms with Crippen molar-refractivity contribution in [1.29, 1.82) is 0 Å². The van der Waals surface area contributed by atoms with E-state index in [0.29, 0.717) is 44.2 Å². The highest BCUT2D eigenvalue weighted by Crippen LogP contribution is 2.31. The van der Waals surface area contributed by atoms with Crippen LogP contribution in [0.1, 0.15) is 18.1 Å². The average Bonchev–Trinajstić information content (AvgIpc) is 2.71. The molecule has 6 heteroatoms. The third-order valence-corrected chi connectivity index (χ3v) is 4.52. The van der Waals surface area contributed by atoms with Crippen LogP contribution in [-0.4, -0.2) is 44.8 Å². The molecule has 0 fully saturated rings. The van der Waals surface area contributed by atoms with E-state index < -0.39 is 0 Å². The number of fused-ring (bicyclic) bond motifs is 1. The van der Waals surface area contributed by atoms with Gasteiger partial charge in [0.2, 0.25) is 5.91 Å². The van der Waals surface area contributed by atoms with Crippen LogP contribution in [0.4, 0.5) is 0 Å². The molecule has 0 saturated carbocycles. The predicted octanol–water partition coefficient (Wildman–Crippen LogP) is 3.07. The Morgan fingerprint density at radius 3 is 2.37 bits per heavy atom. The molecule has 0 unspecified atom stereocenters. The first-order valence-corrected chi connectivity index (χ1v) is 9.01. The highest BCUT2D eigenvalue weighted by atomic mass is 16.6. The Hall–Kier alpha value is -2.89. The largest absolute Gasteiger partial charge is 0.493 e. The summed E-state index contributed by atoms with van der Waals surface area (Å²) in [6.07, 6.45) is 0.304. The smallest absolute Gasteiger partial charge is 0.227 e. The van der Waals surface area contributed by atoms with E-state index >= 15 is 0 Å². The number of likely N-dealkylation sites (N-methyl/N-ethyl adjacent to an activating group) is 1. The van der Waals surface area contributed by atoms with Gasteiger partial charge in [-0.15, -0.1) is 0 Å². The van der Waals surface area contributed by atoms with Gasteiger partial charge in [0.15, 0.2) is 23.0 Å². The summed E-state index contributed by atoms with van der Waals surface area (Å²) in [5.74, 6) is 2.82. The van der Waals surface area contributed by atoms with Crippen molar-refractivity contribution in [2.24, 2.45) is 0 Å². The molecule has 0 spiro atoms. The quantitative estimate of drug-likeness (QED) is 0.749. The highest BCUT2D eigenvalue weighted by Gasteiger charge is 2.17. The molecule has 3 rings (SSSR count). The van der Waals surface area contributed by atoms with Crippen LogP contribution in [-0.2, 0) is 17.8 Å². The lowest BCUT2D eigenvalue weighted by atomic mass is 10.1. The van der Waals surface area contributed by atoms with Gasteiger partial charge in [-0.1, -0.05) is 12.1 Å². The van der Waals surface area contributed by atoms with Gasteiger partial charge >= 0.3 is 0 Å². The van der Waals surface area contributed by atoms with E-state index in [0.717, 1.165) is 22.6 Å². The second kappa shape index (κ2) is 8.66. The molecular weight excluding hydrogens is 346 g/mol. The van der Waals surface area contributed by atoms with Gasteiger partial charge in [0, 0.05) is 13.1 Å². The summed E-state index contributed by atoms with van der Waals surface area (Å²) >= 11 is 0. The third-order valence-electron chi connectivity index (χ3n) is 4.52. The number of carbonyl (C=O) groups is 1. The summed E-state index contributed by atoms with van der Waals surface area (Å²) in [5.41, 5.74) is 1.90. The zero-order valence-corrected chi connectivity index (χ0v) is 16.0. The van der Waals surface area contributed by atoms with Crippen LogP contribution >= 0.6 is 0 Å². The minimum absolute atomic E-state index is 0.0552. The van der Waals surface area contributed by atoms with Gasteiger partial charge in [-0.25, -0.2) is 0 Å². The number of hydrogen-bond donors (Lipinski definition) is 0. The van der Waals surface area contributed by atoms with Gasteiger partial charge in [-0.05, 0) is 42.3 Å². The fourth-order valence-corrected chi connectivity index (χ4v) is 3.06. The molecule has 1 aliphatic heterocycles. The maximum absolute atomic E-state index is 12.8. The summed E-state index contributed by atoms with van der Waals surface area (Å²) in [6, 6.07) is 11.4. The molecule has 6 nitrogen and oxygen atoms in total. The molecule has 0 atom stereocenters. The highest BCUT2D eigenvalue weighted by molar-refractivity contribution is 5.79. The molecule has 1 heterocycles. The number of carbonyl (C=O) groups excluding carboxylic acids is 1. The van der Waals surface area contributed by atoms with Crippen LogP contribution in [0.25, 0.3) is 0 Å². The molecule has 0 N–H and O–H groups in total. The molecule has 0 aliphatic carbocycles. The number of hydrogen-bond acceptors (Lipinski definition) is 5. The minimum atomic E-state index is 0.0552. The second-order valence-electron chi connectivity index (χ2n) is 6.25. The Labute approximate surface area is 159 Å². The van der Waals surface area contributed by atoms with Crippen LogP contribution in [0, 0.1) is 0 Å². The predicted molar refractivity (Wildman–Crippen MR) is 102 cm³/mol. The molecule has 2 aromatic rings. The fourth-order valence-electron chi connectivity index (χ4n) is 3.06. The minimum Gasteiger partial charge on any atom is -0.493 e. The van der Waals surface area contributed by atoms with Gasteiger partial charge in [-0.2, -0.15) is 0 Å². The molecule has 1 amide bonds. The molecule has 0 bridgehead atoms. The van der Waals surface area contributed by atoms with Crippen molar-refractivity contribution >= 4 is 5.91 Å². The van der Waals surface area contributed by atoms with Crippen LogP contribution in [0.5, 0.6) is 23.0 Å². The van der Waals surface area contributed by atoms with E-state index in [-0.39, 0.29) is 5.91 Å². The molecule has 27 heavy (non-hydrogen) atoms. The Morgan fingerprint density at radius 1 is 0.963 bits per heavy atom. The summed E-state index contributed by atoms with van der Waals surface area (Å²) in [6.45, 7) is 4.24. The van der Waals surface area contributed by atoms with E-state index in [4.69, 9.17) is 18.9 Å². The van der Waals surface area contributed by atoms with E-state index in [1.807, 2.05) is 48.2 Å². The van der Waals surface area contributed by atoms with Crippen molar-refractivity contribution in [3.05, 3.63) is 47.5 Å². The SMILES string of the molecule is CCN(Cc1ccc2c(c1)OCCO2)C(=O)Cc1ccc(OC)c(OC)c1. The monoisotopic (exact) mass is 371 g/mol. The number of amides is 1. The number of rotatable bonds is 7. The van der Waals surface area contributed by atoms with Gasteiger partial charge < -0.3 is 23.8 Å². The Bertz CT molecular complexity index is 805. The third kappa shape index (κ3) is 4.45. The Morgan fingerprint density at radius 2 is 1.67 bits per heavy atom. The number of methoxy groups -OCH3 is 2. The van der Waals surface area contributed by atoms with Crippen molar-refractivity contribution in [1.82, 2.24) is 4.90 Å². The molecule has 144 valence electrons. The van der Waals surface area contributed by atoms with Crippen molar-refractivity contribution in [3.63, 3.8) is 0 Å². The normalized spacial score (nSPS) is 12.4. The summed E-state index contributed by atoms with van der Waals surface area (Å²) in [7, 11) is 3.18. The van der Waals surface area contributed by atoms with Crippen LogP contribution in [0.15, 0.2) is 36.4 Å². The lowest BCUT2D eigenvalue weighted by Crippen LogP contribution is -2.31. The van der Waals surface area contributed by atoms with Crippen LogP contribution in [0.3, 0.4) is 0 Å². The first-order valence-electron chi connectivity index (χ1n) is 9.01. The van der Waals surface area contributed by atoms with Crippen LogP contribution in [0.2, 0.25) is 0 Å². The van der Waals surface area contributed by atoms with Gasteiger partial charge in [0.1, 0.15) is 13.2 Å². The van der Waals surface area contributed by atoms with Crippen molar-refractivity contribution in [2.45, 2.75) is 19.9 Å². The number of benzene rings is 2. The molecular formula is C21H25NO5. The van der Waals surface area contributed by atoms with E-state index in [1.54, 1.807) is 14.2 Å². The molecule has 2 aromatic carbocycles. The maximum Gasteiger partial charge on any atom is 0.227 e. The fraction of sp³-hybridized carbons (Fsp3) is 0.381. The van der Waals surface area contributed by atoms with Crippen molar-refractivity contribution < 1.29 is 23.7 Å². The lowest BCUT2D eigenvalue weighted by Gasteiger charge is -2.23.